The van der Waals surface area contributed by atoms with Gasteiger partial charge in [-0.25, -0.2) is 4.39 Å². The molecule has 2 aromatic carbocycles. The van der Waals surface area contributed by atoms with Crippen molar-refractivity contribution in [3.63, 3.8) is 0 Å². The van der Waals surface area contributed by atoms with Crippen LogP contribution in [0.4, 0.5) is 15.8 Å². The fourth-order valence-electron chi connectivity index (χ4n) is 3.12. The molecule has 1 aliphatic rings. The number of nitrogens with one attached hydrogen (secondary N) is 1. The van der Waals surface area contributed by atoms with Crippen molar-refractivity contribution in [3.8, 4) is 0 Å². The predicted octanol–water partition coefficient (Wildman–Crippen LogP) is 3.94. The maximum absolute atomic E-state index is 13.0. The zero-order chi connectivity index (χ0) is 18.0. The van der Waals surface area contributed by atoms with Crippen molar-refractivity contribution in [2.45, 2.75) is 26.2 Å². The minimum absolute atomic E-state index is 0.0487. The highest BCUT2D eigenvalue weighted by Crippen LogP contribution is 2.32. The zero-order valence-corrected chi connectivity index (χ0v) is 14.3. The number of nitrogens with zero attached hydrogens (tertiary/aromatic N) is 1. The molecule has 1 fully saturated rings. The third kappa shape index (κ3) is 3.71. The Morgan fingerprint density at radius 1 is 1.16 bits per heavy atom. The first kappa shape index (κ1) is 17.1. The Bertz CT molecular complexity index is 787. The molecule has 0 radical (unpaired) electrons. The van der Waals surface area contributed by atoms with Gasteiger partial charge in [-0.2, -0.15) is 0 Å². The molecular formula is C20H21FN2O2. The monoisotopic (exact) mass is 340 g/mol. The summed E-state index contributed by atoms with van der Waals surface area (Å²) in [5, 5.41) is 2.76. The Hall–Kier alpha value is -2.69. The van der Waals surface area contributed by atoms with Crippen molar-refractivity contribution in [2.75, 3.05) is 16.8 Å². The van der Waals surface area contributed by atoms with Gasteiger partial charge < -0.3 is 10.2 Å². The average Bonchev–Trinajstić information content (AvgIpc) is 2.98. The molecule has 4 nitrogen and oxygen atoms in total. The summed E-state index contributed by atoms with van der Waals surface area (Å²) in [5.74, 6) is -0.754. The van der Waals surface area contributed by atoms with Crippen molar-refractivity contribution >= 4 is 23.2 Å². The Morgan fingerprint density at radius 3 is 2.52 bits per heavy atom. The van der Waals surface area contributed by atoms with Crippen LogP contribution in [0.1, 0.15) is 31.7 Å². The fourth-order valence-corrected chi connectivity index (χ4v) is 3.12. The first-order valence-corrected chi connectivity index (χ1v) is 8.41. The van der Waals surface area contributed by atoms with Gasteiger partial charge in [0, 0.05) is 24.3 Å². The standard InChI is InChI=1S/C20H21FN2O2/c1-13(2)17-5-3-4-6-18(17)23-12-14(11-19(23)24)20(25)22-16-9-7-15(21)8-10-16/h3-10,13-14H,11-12H2,1-2H3,(H,22,25). The predicted molar refractivity (Wildman–Crippen MR) is 96.0 cm³/mol. The van der Waals surface area contributed by atoms with Crippen LogP contribution in [0.15, 0.2) is 48.5 Å². The fraction of sp³-hybridized carbons (Fsp3) is 0.300. The molecule has 25 heavy (non-hydrogen) atoms. The summed E-state index contributed by atoms with van der Waals surface area (Å²) in [6.45, 7) is 4.52. The molecule has 1 heterocycles. The highest BCUT2D eigenvalue weighted by Gasteiger charge is 2.36. The number of halogens is 1. The molecule has 2 amide bonds. The van der Waals surface area contributed by atoms with Gasteiger partial charge in [0.1, 0.15) is 5.82 Å². The van der Waals surface area contributed by atoms with Crippen LogP contribution >= 0.6 is 0 Å². The van der Waals surface area contributed by atoms with Crippen molar-refractivity contribution in [1.82, 2.24) is 0 Å². The number of hydrogen-bond acceptors (Lipinski definition) is 2. The lowest BCUT2D eigenvalue weighted by molar-refractivity contribution is -0.122. The van der Waals surface area contributed by atoms with E-state index in [1.54, 1.807) is 4.90 Å². The number of amides is 2. The van der Waals surface area contributed by atoms with E-state index in [1.807, 2.05) is 24.3 Å². The second-order valence-electron chi connectivity index (χ2n) is 6.62. The van der Waals surface area contributed by atoms with Crippen molar-refractivity contribution in [3.05, 3.63) is 59.9 Å². The molecule has 2 aromatic rings. The number of carbonyl (C=O) groups excluding carboxylic acids is 2. The first-order chi connectivity index (χ1) is 12.0. The van der Waals surface area contributed by atoms with Gasteiger partial charge in [0.05, 0.1) is 5.92 Å². The van der Waals surface area contributed by atoms with E-state index >= 15 is 0 Å². The molecule has 0 aliphatic carbocycles. The van der Waals surface area contributed by atoms with E-state index in [2.05, 4.69) is 19.2 Å². The molecule has 1 aliphatic heterocycles. The van der Waals surface area contributed by atoms with Crippen LogP contribution in [0, 0.1) is 11.7 Å². The maximum atomic E-state index is 13.0. The van der Waals surface area contributed by atoms with Gasteiger partial charge >= 0.3 is 0 Å². The number of para-hydroxylation sites is 1. The van der Waals surface area contributed by atoms with Crippen molar-refractivity contribution < 1.29 is 14.0 Å². The van der Waals surface area contributed by atoms with Crippen LogP contribution in [0.3, 0.4) is 0 Å². The van der Waals surface area contributed by atoms with Gasteiger partial charge in [0.2, 0.25) is 11.8 Å². The number of anilines is 2. The topological polar surface area (TPSA) is 49.4 Å². The van der Waals surface area contributed by atoms with Crippen LogP contribution in [0.2, 0.25) is 0 Å². The van der Waals surface area contributed by atoms with Crippen LogP contribution in [-0.4, -0.2) is 18.4 Å². The molecule has 0 saturated carbocycles. The summed E-state index contributed by atoms with van der Waals surface area (Å²) >= 11 is 0. The van der Waals surface area contributed by atoms with Gasteiger partial charge in [-0.15, -0.1) is 0 Å². The van der Waals surface area contributed by atoms with Gasteiger partial charge in [-0.3, -0.25) is 9.59 Å². The summed E-state index contributed by atoms with van der Waals surface area (Å²) < 4.78 is 13.0. The molecule has 1 saturated heterocycles. The quantitative estimate of drug-likeness (QED) is 0.916. The van der Waals surface area contributed by atoms with Crippen LogP contribution in [0.25, 0.3) is 0 Å². The van der Waals surface area contributed by atoms with Crippen LogP contribution in [0.5, 0.6) is 0 Å². The van der Waals surface area contributed by atoms with Crippen LogP contribution < -0.4 is 10.2 Å². The number of hydrogen-bond donors (Lipinski definition) is 1. The highest BCUT2D eigenvalue weighted by molar-refractivity contribution is 6.03. The van der Waals surface area contributed by atoms with Crippen molar-refractivity contribution in [1.29, 1.82) is 0 Å². The van der Waals surface area contributed by atoms with Gasteiger partial charge in [-0.05, 0) is 41.8 Å². The summed E-state index contributed by atoms with van der Waals surface area (Å²) in [5.41, 5.74) is 2.50. The maximum Gasteiger partial charge on any atom is 0.229 e. The molecule has 0 aromatic heterocycles. The van der Waals surface area contributed by atoms with Gasteiger partial charge in [0.15, 0.2) is 0 Å². The van der Waals surface area contributed by atoms with Crippen molar-refractivity contribution in [2.24, 2.45) is 5.92 Å². The van der Waals surface area contributed by atoms with Gasteiger partial charge in [-0.1, -0.05) is 32.0 Å². The van der Waals surface area contributed by atoms with E-state index in [0.29, 0.717) is 12.2 Å². The minimum atomic E-state index is -0.419. The summed E-state index contributed by atoms with van der Waals surface area (Å²) in [7, 11) is 0. The van der Waals surface area contributed by atoms with E-state index < -0.39 is 5.92 Å². The molecule has 0 spiro atoms. The summed E-state index contributed by atoms with van der Waals surface area (Å²) in [4.78, 5) is 26.6. The Morgan fingerprint density at radius 2 is 1.84 bits per heavy atom. The smallest absolute Gasteiger partial charge is 0.229 e. The number of rotatable bonds is 4. The largest absolute Gasteiger partial charge is 0.326 e. The van der Waals surface area contributed by atoms with E-state index in [-0.39, 0.29) is 30.0 Å². The lowest BCUT2D eigenvalue weighted by Crippen LogP contribution is -2.28. The molecule has 5 heteroatoms. The van der Waals surface area contributed by atoms with E-state index in [4.69, 9.17) is 0 Å². The Kier molecular flexibility index (Phi) is 4.83. The SMILES string of the molecule is CC(C)c1ccccc1N1CC(C(=O)Nc2ccc(F)cc2)CC1=O. The third-order valence-corrected chi connectivity index (χ3v) is 4.46. The molecule has 1 N–H and O–H groups in total. The Balaban J connectivity index is 1.74. The molecule has 3 rings (SSSR count). The van der Waals surface area contributed by atoms with E-state index in [0.717, 1.165) is 11.3 Å². The molecule has 130 valence electrons. The summed E-state index contributed by atoms with van der Waals surface area (Å²) in [6, 6.07) is 13.4. The van der Waals surface area contributed by atoms with Crippen LogP contribution in [-0.2, 0) is 9.59 Å². The third-order valence-electron chi connectivity index (χ3n) is 4.46. The summed E-state index contributed by atoms with van der Waals surface area (Å²) in [6.07, 6.45) is 0.180. The lowest BCUT2D eigenvalue weighted by atomic mass is 10.0. The van der Waals surface area contributed by atoms with E-state index in [1.165, 1.54) is 24.3 Å². The molecular weight excluding hydrogens is 319 g/mol. The first-order valence-electron chi connectivity index (χ1n) is 8.41. The lowest BCUT2D eigenvalue weighted by Gasteiger charge is -2.22. The van der Waals surface area contributed by atoms with Gasteiger partial charge in [0.25, 0.3) is 0 Å². The zero-order valence-electron chi connectivity index (χ0n) is 14.3. The second kappa shape index (κ2) is 7.05. The Labute approximate surface area is 146 Å². The average molecular weight is 340 g/mol. The highest BCUT2D eigenvalue weighted by atomic mass is 19.1. The minimum Gasteiger partial charge on any atom is -0.326 e. The number of benzene rings is 2. The number of carbonyl (C=O) groups is 2. The molecule has 1 atom stereocenters. The van der Waals surface area contributed by atoms with E-state index in [9.17, 15) is 14.0 Å². The normalized spacial score (nSPS) is 17.2. The molecule has 0 bridgehead atoms. The molecule has 1 unspecified atom stereocenters. The second-order valence-corrected chi connectivity index (χ2v) is 6.62.